The second-order valence-electron chi connectivity index (χ2n) is 6.19. The molecule has 0 fully saturated rings. The van der Waals surface area contributed by atoms with Crippen LogP contribution in [0.5, 0.6) is 5.75 Å². The summed E-state index contributed by atoms with van der Waals surface area (Å²) in [5.41, 5.74) is 0.433. The van der Waals surface area contributed by atoms with Crippen molar-refractivity contribution in [2.75, 3.05) is 13.7 Å². The van der Waals surface area contributed by atoms with Crippen molar-refractivity contribution < 1.29 is 24.1 Å². The monoisotopic (exact) mass is 372 g/mol. The van der Waals surface area contributed by atoms with Gasteiger partial charge in [-0.05, 0) is 31.0 Å². The summed E-state index contributed by atoms with van der Waals surface area (Å²) < 4.78 is 16.3. The summed E-state index contributed by atoms with van der Waals surface area (Å²) in [7, 11) is 1.48. The first-order chi connectivity index (χ1) is 13.0. The summed E-state index contributed by atoms with van der Waals surface area (Å²) in [6.07, 6.45) is 2.88. The molecule has 0 radical (unpaired) electrons. The number of hydrogen-bond donors (Lipinski definition) is 2. The van der Waals surface area contributed by atoms with Crippen LogP contribution in [0.25, 0.3) is 0 Å². The number of rotatable bonds is 8. The lowest BCUT2D eigenvalue weighted by molar-refractivity contribution is -0.0902. The predicted octanol–water partition coefficient (Wildman–Crippen LogP) is 2.35. The number of ether oxygens (including phenoxy) is 3. The molecule has 1 aromatic carbocycles. The van der Waals surface area contributed by atoms with Crippen molar-refractivity contribution >= 4 is 5.94 Å². The number of aliphatic hydroxyl groups is 1. The van der Waals surface area contributed by atoms with Crippen LogP contribution >= 0.6 is 0 Å². The fourth-order valence-corrected chi connectivity index (χ4v) is 3.20. The number of carbonyl (C=O) groups excluding carboxylic acids is 1. The summed E-state index contributed by atoms with van der Waals surface area (Å²) in [5, 5.41) is 23.4. The quantitative estimate of drug-likeness (QED) is 0.533. The molecule has 0 amide bonds. The smallest absolute Gasteiger partial charge is 0.167 e. The molecule has 0 aromatic heterocycles. The Morgan fingerprint density at radius 1 is 1.44 bits per heavy atom. The summed E-state index contributed by atoms with van der Waals surface area (Å²) in [4.78, 5) is 10.2. The van der Waals surface area contributed by atoms with Crippen LogP contribution in [0.3, 0.4) is 0 Å². The van der Waals surface area contributed by atoms with Gasteiger partial charge >= 0.3 is 0 Å². The maximum atomic E-state index is 11.1. The Morgan fingerprint density at radius 2 is 2.19 bits per heavy atom. The van der Waals surface area contributed by atoms with Crippen molar-refractivity contribution in [1.29, 1.82) is 5.26 Å². The molecule has 0 saturated heterocycles. The summed E-state index contributed by atoms with van der Waals surface area (Å²) in [6, 6.07) is 6.76. The van der Waals surface area contributed by atoms with Crippen molar-refractivity contribution in [3.05, 3.63) is 47.5 Å². The maximum absolute atomic E-state index is 11.1. The van der Waals surface area contributed by atoms with E-state index in [0.29, 0.717) is 35.5 Å². The molecule has 27 heavy (non-hydrogen) atoms. The highest BCUT2D eigenvalue weighted by molar-refractivity contribution is 5.46. The van der Waals surface area contributed by atoms with Gasteiger partial charge in [-0.2, -0.15) is 5.26 Å². The van der Waals surface area contributed by atoms with E-state index in [1.54, 1.807) is 24.4 Å². The van der Waals surface area contributed by atoms with Crippen molar-refractivity contribution in [2.24, 2.45) is 0 Å². The zero-order chi connectivity index (χ0) is 19.9. The van der Waals surface area contributed by atoms with Crippen LogP contribution in [-0.2, 0) is 14.3 Å². The van der Waals surface area contributed by atoms with Crippen LogP contribution in [0.15, 0.2) is 36.4 Å². The first-order valence-electron chi connectivity index (χ1n) is 8.76. The average Bonchev–Trinajstić information content (AvgIpc) is 2.71. The van der Waals surface area contributed by atoms with Crippen LogP contribution in [0.2, 0.25) is 0 Å². The van der Waals surface area contributed by atoms with Gasteiger partial charge in [-0.1, -0.05) is 13.8 Å². The SMILES string of the molecule is CCC1(CC)Oc2ccc(C#N)cc2[C@H](N/C=C(\COC=C=O)OC)[C@H]1O. The first-order valence-corrected chi connectivity index (χ1v) is 8.76. The molecule has 0 bridgehead atoms. The van der Waals surface area contributed by atoms with Gasteiger partial charge in [-0.25, -0.2) is 4.79 Å². The molecule has 1 aliphatic rings. The molecule has 2 rings (SSSR count). The van der Waals surface area contributed by atoms with E-state index in [1.165, 1.54) is 13.1 Å². The van der Waals surface area contributed by atoms with E-state index in [2.05, 4.69) is 11.4 Å². The third-order valence-electron chi connectivity index (χ3n) is 4.88. The average molecular weight is 372 g/mol. The molecule has 0 spiro atoms. The number of nitrogens with zero attached hydrogens (tertiary/aromatic N) is 1. The van der Waals surface area contributed by atoms with Gasteiger partial charge in [0.15, 0.2) is 12.2 Å². The van der Waals surface area contributed by atoms with E-state index in [0.717, 1.165) is 6.26 Å². The van der Waals surface area contributed by atoms with Crippen LogP contribution in [-0.4, -0.2) is 36.5 Å². The highest BCUT2D eigenvalue weighted by Gasteiger charge is 2.47. The number of methoxy groups -OCH3 is 1. The van der Waals surface area contributed by atoms with Crippen LogP contribution in [0.1, 0.15) is 43.9 Å². The predicted molar refractivity (Wildman–Crippen MR) is 98.3 cm³/mol. The Balaban J connectivity index is 2.39. The lowest BCUT2D eigenvalue weighted by Gasteiger charge is -2.45. The lowest BCUT2D eigenvalue weighted by Crippen LogP contribution is -2.55. The molecule has 1 aromatic rings. The van der Waals surface area contributed by atoms with E-state index >= 15 is 0 Å². The molecule has 0 aliphatic carbocycles. The Kier molecular flexibility index (Phi) is 6.89. The van der Waals surface area contributed by atoms with Gasteiger partial charge in [0.25, 0.3) is 0 Å². The Hall–Kier alpha value is -2.94. The largest absolute Gasteiger partial charge is 0.496 e. The van der Waals surface area contributed by atoms with E-state index in [9.17, 15) is 15.2 Å². The van der Waals surface area contributed by atoms with Gasteiger partial charge in [0.1, 0.15) is 29.8 Å². The lowest BCUT2D eigenvalue weighted by atomic mass is 9.80. The number of fused-ring (bicyclic) bond motifs is 1. The molecule has 7 nitrogen and oxygen atoms in total. The molecule has 1 heterocycles. The first kappa shape index (κ1) is 20.4. The van der Waals surface area contributed by atoms with E-state index in [-0.39, 0.29) is 6.61 Å². The van der Waals surface area contributed by atoms with Crippen LogP contribution in [0, 0.1) is 11.3 Å². The molecule has 2 atom stereocenters. The van der Waals surface area contributed by atoms with Crippen molar-refractivity contribution in [1.82, 2.24) is 5.32 Å². The van der Waals surface area contributed by atoms with Crippen molar-refractivity contribution in [3.63, 3.8) is 0 Å². The number of nitrogens with one attached hydrogen (secondary N) is 1. The van der Waals surface area contributed by atoms with Crippen molar-refractivity contribution in [2.45, 2.75) is 44.4 Å². The summed E-state index contributed by atoms with van der Waals surface area (Å²) in [5.74, 6) is 2.58. The third-order valence-corrected chi connectivity index (χ3v) is 4.88. The maximum Gasteiger partial charge on any atom is 0.167 e. The molecule has 1 aliphatic heterocycles. The van der Waals surface area contributed by atoms with Crippen LogP contribution in [0.4, 0.5) is 0 Å². The Bertz CT molecular complexity index is 773. The minimum absolute atomic E-state index is 0.0375. The van der Waals surface area contributed by atoms with Gasteiger partial charge in [0.05, 0.1) is 24.8 Å². The minimum atomic E-state index is -0.848. The zero-order valence-electron chi connectivity index (χ0n) is 15.7. The Labute approximate surface area is 158 Å². The van der Waals surface area contributed by atoms with Crippen LogP contribution < -0.4 is 10.1 Å². The molecule has 2 N–H and O–H groups in total. The fourth-order valence-electron chi connectivity index (χ4n) is 3.20. The van der Waals surface area contributed by atoms with Gasteiger partial charge in [0, 0.05) is 11.8 Å². The van der Waals surface area contributed by atoms with E-state index in [4.69, 9.17) is 14.2 Å². The molecule has 0 unspecified atom stereocenters. The number of aliphatic hydroxyl groups excluding tert-OH is 1. The van der Waals surface area contributed by atoms with Crippen molar-refractivity contribution in [3.8, 4) is 11.8 Å². The standard InChI is InChI=1S/C20H24N2O5/c1-4-20(5-2)19(24)18(22-12-15(25-3)13-26-9-8-23)16-10-14(11-21)6-7-17(16)27-20/h6-7,9-10,12,18-19,22,24H,4-5,13H2,1-3H3/b15-12+/t18-,19+/m0/s1. The number of benzene rings is 1. The van der Waals surface area contributed by atoms with E-state index < -0.39 is 17.7 Å². The Morgan fingerprint density at radius 3 is 2.78 bits per heavy atom. The normalized spacial score (nSPS) is 20.3. The third kappa shape index (κ3) is 4.25. The molecule has 7 heteroatoms. The fraction of sp³-hybridized carbons (Fsp3) is 0.450. The van der Waals surface area contributed by atoms with Gasteiger partial charge < -0.3 is 24.6 Å². The summed E-state index contributed by atoms with van der Waals surface area (Å²) in [6.45, 7) is 3.97. The number of nitriles is 1. The highest BCUT2D eigenvalue weighted by Crippen LogP contribution is 2.43. The van der Waals surface area contributed by atoms with Gasteiger partial charge in [-0.3, -0.25) is 0 Å². The zero-order valence-corrected chi connectivity index (χ0v) is 15.7. The summed E-state index contributed by atoms with van der Waals surface area (Å²) >= 11 is 0. The van der Waals surface area contributed by atoms with E-state index in [1.807, 2.05) is 13.8 Å². The molecule has 144 valence electrons. The molecular formula is C20H24N2O5. The highest BCUT2D eigenvalue weighted by atomic mass is 16.5. The van der Waals surface area contributed by atoms with Gasteiger partial charge in [0.2, 0.25) is 0 Å². The minimum Gasteiger partial charge on any atom is -0.496 e. The second-order valence-corrected chi connectivity index (χ2v) is 6.19. The topological polar surface area (TPSA) is 101 Å². The molecular weight excluding hydrogens is 348 g/mol. The second kappa shape index (κ2) is 9.13. The number of hydrogen-bond acceptors (Lipinski definition) is 7. The molecule has 0 saturated carbocycles. The van der Waals surface area contributed by atoms with Gasteiger partial charge in [-0.15, -0.1) is 0 Å².